The molecule has 0 aliphatic carbocycles. The summed E-state index contributed by atoms with van der Waals surface area (Å²) in [7, 11) is 0. The summed E-state index contributed by atoms with van der Waals surface area (Å²) in [6.07, 6.45) is 2.74. The summed E-state index contributed by atoms with van der Waals surface area (Å²) in [5, 5.41) is 3.53. The lowest BCUT2D eigenvalue weighted by molar-refractivity contribution is -0.120. The van der Waals surface area contributed by atoms with Crippen LogP contribution in [0.3, 0.4) is 0 Å². The quantitative estimate of drug-likeness (QED) is 0.452. The summed E-state index contributed by atoms with van der Waals surface area (Å²) in [4.78, 5) is 29.7. The van der Waals surface area contributed by atoms with Gasteiger partial charge < -0.3 is 15.1 Å². The Labute approximate surface area is 210 Å². The van der Waals surface area contributed by atoms with Crippen molar-refractivity contribution >= 4 is 29.1 Å². The second-order valence-electron chi connectivity index (χ2n) is 8.77. The fourth-order valence-electron chi connectivity index (χ4n) is 4.25. The van der Waals surface area contributed by atoms with Crippen molar-refractivity contribution in [3.05, 3.63) is 100 Å². The smallest absolute Gasteiger partial charge is 0.258 e. The van der Waals surface area contributed by atoms with E-state index in [0.717, 1.165) is 25.2 Å². The van der Waals surface area contributed by atoms with E-state index in [-0.39, 0.29) is 30.6 Å². The van der Waals surface area contributed by atoms with Gasteiger partial charge in [-0.25, -0.2) is 4.39 Å². The number of halogens is 2. The van der Waals surface area contributed by atoms with Crippen LogP contribution in [0.25, 0.3) is 0 Å². The number of nitrogens with one attached hydrogen (secondary N) is 1. The molecule has 1 N–H and O–H groups in total. The third kappa shape index (κ3) is 7.13. The van der Waals surface area contributed by atoms with Gasteiger partial charge in [0.25, 0.3) is 5.91 Å². The van der Waals surface area contributed by atoms with Crippen molar-refractivity contribution in [2.24, 2.45) is 0 Å². The second-order valence-corrected chi connectivity index (χ2v) is 9.21. The summed E-state index contributed by atoms with van der Waals surface area (Å²) in [6.45, 7) is 3.95. The van der Waals surface area contributed by atoms with Crippen LogP contribution < -0.4 is 10.2 Å². The van der Waals surface area contributed by atoms with Gasteiger partial charge in [0.05, 0.1) is 13.0 Å². The van der Waals surface area contributed by atoms with Gasteiger partial charge in [-0.2, -0.15) is 0 Å². The van der Waals surface area contributed by atoms with Gasteiger partial charge in [-0.1, -0.05) is 35.9 Å². The summed E-state index contributed by atoms with van der Waals surface area (Å²) >= 11 is 5.98. The van der Waals surface area contributed by atoms with Crippen LogP contribution in [0, 0.1) is 5.82 Å². The second kappa shape index (κ2) is 12.0. The third-order valence-electron chi connectivity index (χ3n) is 6.13. The number of carbonyl (C=O) groups excluding carboxylic acids is 2. The Morgan fingerprint density at radius 3 is 2.34 bits per heavy atom. The SMILES string of the molecule is O=C(Cc1ccc(N(Cc2cccc(F)c2)C(=O)c2ccc(Cl)cc2)cc1)NCCN1CCCC1. The van der Waals surface area contributed by atoms with Crippen LogP contribution >= 0.6 is 11.6 Å². The maximum absolute atomic E-state index is 13.8. The zero-order valence-electron chi connectivity index (χ0n) is 19.6. The standard InChI is InChI=1S/C28H29ClFN3O2/c29-24-10-8-23(9-11-24)28(35)33(20-22-4-3-5-25(30)18-22)26-12-6-21(7-13-26)19-27(34)31-14-17-32-15-1-2-16-32/h3-13,18H,1-2,14-17,19-20H2,(H,31,34). The fraction of sp³-hybridized carbons (Fsp3) is 0.286. The lowest BCUT2D eigenvalue weighted by atomic mass is 10.1. The van der Waals surface area contributed by atoms with Gasteiger partial charge in [0.15, 0.2) is 0 Å². The first-order valence-corrected chi connectivity index (χ1v) is 12.3. The summed E-state index contributed by atoms with van der Waals surface area (Å²) in [5.41, 5.74) is 2.67. The number of anilines is 1. The average molecular weight is 494 g/mol. The molecule has 5 nitrogen and oxygen atoms in total. The normalized spacial score (nSPS) is 13.5. The van der Waals surface area contributed by atoms with Gasteiger partial charge in [-0.3, -0.25) is 9.59 Å². The molecule has 0 atom stereocenters. The highest BCUT2D eigenvalue weighted by Crippen LogP contribution is 2.22. The zero-order chi connectivity index (χ0) is 24.6. The Kier molecular flexibility index (Phi) is 8.50. The number of benzene rings is 3. The van der Waals surface area contributed by atoms with Crippen molar-refractivity contribution in [1.82, 2.24) is 10.2 Å². The van der Waals surface area contributed by atoms with Crippen LogP contribution in [0.5, 0.6) is 0 Å². The minimum absolute atomic E-state index is 0.0224. The fourth-order valence-corrected chi connectivity index (χ4v) is 4.37. The predicted octanol–water partition coefficient (Wildman–Crippen LogP) is 5.08. The predicted molar refractivity (Wildman–Crippen MR) is 137 cm³/mol. The number of hydrogen-bond donors (Lipinski definition) is 1. The highest BCUT2D eigenvalue weighted by Gasteiger charge is 2.19. The van der Waals surface area contributed by atoms with Crippen LogP contribution in [0.2, 0.25) is 5.02 Å². The molecule has 0 unspecified atom stereocenters. The van der Waals surface area contributed by atoms with Crippen LogP contribution in [0.15, 0.2) is 72.8 Å². The third-order valence-corrected chi connectivity index (χ3v) is 6.38. The van der Waals surface area contributed by atoms with Crippen LogP contribution in [-0.2, 0) is 17.8 Å². The van der Waals surface area contributed by atoms with Crippen molar-refractivity contribution in [2.75, 3.05) is 31.1 Å². The van der Waals surface area contributed by atoms with E-state index in [4.69, 9.17) is 11.6 Å². The maximum atomic E-state index is 13.8. The highest BCUT2D eigenvalue weighted by molar-refractivity contribution is 6.30. The Morgan fingerprint density at radius 1 is 0.943 bits per heavy atom. The van der Waals surface area contributed by atoms with Gasteiger partial charge in [-0.15, -0.1) is 0 Å². The summed E-state index contributed by atoms with van der Waals surface area (Å²) in [6, 6.07) is 20.2. The number of hydrogen-bond acceptors (Lipinski definition) is 3. The van der Waals surface area contributed by atoms with Crippen molar-refractivity contribution in [3.63, 3.8) is 0 Å². The minimum Gasteiger partial charge on any atom is -0.355 e. The van der Waals surface area contributed by atoms with E-state index in [0.29, 0.717) is 28.4 Å². The van der Waals surface area contributed by atoms with E-state index in [9.17, 15) is 14.0 Å². The Hall–Kier alpha value is -3.22. The van der Waals surface area contributed by atoms with E-state index >= 15 is 0 Å². The first-order valence-electron chi connectivity index (χ1n) is 11.9. The Balaban J connectivity index is 1.44. The van der Waals surface area contributed by atoms with E-state index in [1.54, 1.807) is 41.3 Å². The van der Waals surface area contributed by atoms with E-state index in [2.05, 4.69) is 10.2 Å². The maximum Gasteiger partial charge on any atom is 0.258 e. The summed E-state index contributed by atoms with van der Waals surface area (Å²) < 4.78 is 13.8. The molecule has 7 heteroatoms. The molecule has 2 amide bonds. The number of rotatable bonds is 9. The number of nitrogens with zero attached hydrogens (tertiary/aromatic N) is 2. The monoisotopic (exact) mass is 493 g/mol. The Bertz CT molecular complexity index is 1150. The van der Waals surface area contributed by atoms with Gasteiger partial charge in [0.2, 0.25) is 5.91 Å². The molecule has 0 saturated carbocycles. The number of likely N-dealkylation sites (tertiary alicyclic amines) is 1. The number of amides is 2. The molecule has 35 heavy (non-hydrogen) atoms. The molecular formula is C28H29ClFN3O2. The topological polar surface area (TPSA) is 52.7 Å². The van der Waals surface area contributed by atoms with Crippen molar-refractivity contribution in [2.45, 2.75) is 25.8 Å². The van der Waals surface area contributed by atoms with Crippen LogP contribution in [0.4, 0.5) is 10.1 Å². The molecule has 1 fully saturated rings. The average Bonchev–Trinajstić information content (AvgIpc) is 3.37. The summed E-state index contributed by atoms with van der Waals surface area (Å²) in [5.74, 6) is -0.600. The lowest BCUT2D eigenvalue weighted by Crippen LogP contribution is -2.34. The van der Waals surface area contributed by atoms with E-state index in [1.807, 2.05) is 24.3 Å². The number of carbonyl (C=O) groups is 2. The van der Waals surface area contributed by atoms with Crippen LogP contribution in [-0.4, -0.2) is 42.9 Å². The molecule has 1 aliphatic heterocycles. The van der Waals surface area contributed by atoms with Crippen molar-refractivity contribution in [1.29, 1.82) is 0 Å². The first kappa shape index (κ1) is 24.9. The first-order chi connectivity index (χ1) is 17.0. The molecule has 3 aromatic carbocycles. The van der Waals surface area contributed by atoms with Gasteiger partial charge in [-0.05, 0) is 85.6 Å². The zero-order valence-corrected chi connectivity index (χ0v) is 20.3. The molecule has 1 heterocycles. The molecule has 182 valence electrons. The Morgan fingerprint density at radius 2 is 1.66 bits per heavy atom. The molecule has 0 bridgehead atoms. The molecule has 1 saturated heterocycles. The largest absolute Gasteiger partial charge is 0.355 e. The molecular weight excluding hydrogens is 465 g/mol. The van der Waals surface area contributed by atoms with Gasteiger partial charge >= 0.3 is 0 Å². The van der Waals surface area contributed by atoms with E-state index in [1.165, 1.54) is 25.0 Å². The molecule has 3 aromatic rings. The van der Waals surface area contributed by atoms with Crippen LogP contribution in [0.1, 0.15) is 34.3 Å². The lowest BCUT2D eigenvalue weighted by Gasteiger charge is -2.23. The molecule has 4 rings (SSSR count). The minimum atomic E-state index is -0.354. The van der Waals surface area contributed by atoms with Crippen molar-refractivity contribution in [3.8, 4) is 0 Å². The van der Waals surface area contributed by atoms with E-state index < -0.39 is 0 Å². The van der Waals surface area contributed by atoms with Crippen molar-refractivity contribution < 1.29 is 14.0 Å². The van der Waals surface area contributed by atoms with Gasteiger partial charge in [0, 0.05) is 29.4 Å². The molecule has 0 radical (unpaired) electrons. The highest BCUT2D eigenvalue weighted by atomic mass is 35.5. The molecule has 1 aliphatic rings. The molecule has 0 spiro atoms. The van der Waals surface area contributed by atoms with Gasteiger partial charge in [0.1, 0.15) is 5.82 Å². The molecule has 0 aromatic heterocycles.